The minimum absolute atomic E-state index is 0.00681. The zero-order chi connectivity index (χ0) is 11.3. The van der Waals surface area contributed by atoms with E-state index in [2.05, 4.69) is 22.6 Å². The summed E-state index contributed by atoms with van der Waals surface area (Å²) in [6.07, 6.45) is 0.236. The van der Waals surface area contributed by atoms with Gasteiger partial charge in [0.25, 0.3) is 0 Å². The molecular formula is C11H11IO3. The van der Waals surface area contributed by atoms with Crippen molar-refractivity contribution in [1.29, 1.82) is 0 Å². The number of hydrogen-bond donors (Lipinski definition) is 0. The second kappa shape index (κ2) is 5.85. The quantitative estimate of drug-likeness (QED) is 0.486. The average Bonchev–Trinajstić information content (AvgIpc) is 2.18. The second-order valence-electron chi connectivity index (χ2n) is 3.02. The molecule has 0 atom stereocenters. The van der Waals surface area contributed by atoms with Gasteiger partial charge in [0.1, 0.15) is 0 Å². The maximum atomic E-state index is 11.5. The molecule has 1 rings (SSSR count). The molecule has 4 heteroatoms. The lowest BCUT2D eigenvalue weighted by Crippen LogP contribution is -2.07. The summed E-state index contributed by atoms with van der Waals surface area (Å²) in [6, 6.07) is 7.30. The maximum absolute atomic E-state index is 11.5. The fourth-order valence-corrected chi connectivity index (χ4v) is 1.43. The summed E-state index contributed by atoms with van der Waals surface area (Å²) >= 11 is 2.18. The topological polar surface area (TPSA) is 43.4 Å². The molecule has 1 aromatic carbocycles. The number of benzene rings is 1. The predicted molar refractivity (Wildman–Crippen MR) is 64.7 cm³/mol. The van der Waals surface area contributed by atoms with E-state index in [9.17, 15) is 9.59 Å². The van der Waals surface area contributed by atoms with E-state index < -0.39 is 0 Å². The van der Waals surface area contributed by atoms with Crippen LogP contribution in [0.4, 0.5) is 0 Å². The molecule has 80 valence electrons. The number of halogens is 1. The minimum atomic E-state index is -0.356. The molecule has 0 radical (unpaired) electrons. The van der Waals surface area contributed by atoms with Crippen LogP contribution in [0.15, 0.2) is 24.3 Å². The first-order valence-corrected chi connectivity index (χ1v) is 5.59. The fourth-order valence-electron chi connectivity index (χ4n) is 1.07. The Morgan fingerprint density at radius 1 is 1.27 bits per heavy atom. The van der Waals surface area contributed by atoms with Crippen molar-refractivity contribution in [2.24, 2.45) is 0 Å². The summed E-state index contributed by atoms with van der Waals surface area (Å²) < 4.78 is 5.78. The van der Waals surface area contributed by atoms with Crippen molar-refractivity contribution in [2.45, 2.75) is 13.3 Å². The third-order valence-electron chi connectivity index (χ3n) is 1.80. The summed E-state index contributed by atoms with van der Waals surface area (Å²) in [5.74, 6) is -0.363. The summed E-state index contributed by atoms with van der Waals surface area (Å²) in [6.45, 7) is 1.48. The van der Waals surface area contributed by atoms with Crippen molar-refractivity contribution in [3.05, 3.63) is 33.4 Å². The van der Waals surface area contributed by atoms with Crippen LogP contribution >= 0.6 is 22.6 Å². The Balaban J connectivity index is 2.47. The number of rotatable bonds is 4. The number of carbonyl (C=O) groups is 2. The summed E-state index contributed by atoms with van der Waals surface area (Å²) in [5.41, 5.74) is 0.655. The van der Waals surface area contributed by atoms with Crippen LogP contribution in [0.1, 0.15) is 23.7 Å². The van der Waals surface area contributed by atoms with Gasteiger partial charge in [-0.3, -0.25) is 9.59 Å². The molecule has 0 saturated heterocycles. The Morgan fingerprint density at radius 2 is 1.87 bits per heavy atom. The molecule has 0 spiro atoms. The molecule has 0 aromatic heterocycles. The van der Waals surface area contributed by atoms with Crippen molar-refractivity contribution in [3.8, 4) is 0 Å². The van der Waals surface area contributed by atoms with Crippen LogP contribution in [-0.2, 0) is 9.53 Å². The smallest absolute Gasteiger partial charge is 0.302 e. The number of Topliss-reactive ketones (excluding diaryl/α,β-unsaturated/α-hetero) is 1. The van der Waals surface area contributed by atoms with E-state index >= 15 is 0 Å². The highest BCUT2D eigenvalue weighted by Gasteiger charge is 2.05. The van der Waals surface area contributed by atoms with Crippen LogP contribution in [-0.4, -0.2) is 18.4 Å². The van der Waals surface area contributed by atoms with Gasteiger partial charge in [-0.2, -0.15) is 0 Å². The molecule has 0 fully saturated rings. The van der Waals surface area contributed by atoms with Gasteiger partial charge < -0.3 is 4.74 Å². The lowest BCUT2D eigenvalue weighted by molar-refractivity contribution is -0.140. The molecule has 0 amide bonds. The highest BCUT2D eigenvalue weighted by atomic mass is 127. The summed E-state index contributed by atoms with van der Waals surface area (Å²) in [7, 11) is 0. The van der Waals surface area contributed by atoms with Gasteiger partial charge in [0.2, 0.25) is 0 Å². The Morgan fingerprint density at radius 3 is 2.40 bits per heavy atom. The fraction of sp³-hybridized carbons (Fsp3) is 0.273. The van der Waals surface area contributed by atoms with E-state index in [1.165, 1.54) is 6.92 Å². The van der Waals surface area contributed by atoms with Crippen LogP contribution in [0.3, 0.4) is 0 Å². The Bertz CT molecular complexity index is 357. The van der Waals surface area contributed by atoms with Crippen LogP contribution in [0.5, 0.6) is 0 Å². The first-order chi connectivity index (χ1) is 7.09. The highest BCUT2D eigenvalue weighted by Crippen LogP contribution is 2.08. The first kappa shape index (κ1) is 12.2. The van der Waals surface area contributed by atoms with E-state index in [0.717, 1.165) is 3.57 Å². The van der Waals surface area contributed by atoms with Gasteiger partial charge in [-0.15, -0.1) is 0 Å². The van der Waals surface area contributed by atoms with Crippen molar-refractivity contribution >= 4 is 34.3 Å². The van der Waals surface area contributed by atoms with Gasteiger partial charge in [0, 0.05) is 22.5 Å². The molecule has 1 aromatic rings. The van der Waals surface area contributed by atoms with Gasteiger partial charge in [0.05, 0.1) is 6.61 Å². The third kappa shape index (κ3) is 4.42. The zero-order valence-corrected chi connectivity index (χ0v) is 10.5. The number of carbonyl (C=O) groups excluding carboxylic acids is 2. The van der Waals surface area contributed by atoms with Crippen LogP contribution in [0.2, 0.25) is 0 Å². The summed E-state index contributed by atoms with van der Waals surface area (Å²) in [4.78, 5) is 22.0. The number of ether oxygens (including phenoxy) is 1. The van der Waals surface area contributed by atoms with E-state index in [0.29, 0.717) is 5.56 Å². The predicted octanol–water partition coefficient (Wildman–Crippen LogP) is 2.43. The zero-order valence-electron chi connectivity index (χ0n) is 8.33. The number of ketones is 1. The molecule has 0 aliphatic heterocycles. The van der Waals surface area contributed by atoms with Gasteiger partial charge >= 0.3 is 5.97 Å². The normalized spacial score (nSPS) is 9.73. The van der Waals surface area contributed by atoms with Gasteiger partial charge in [-0.05, 0) is 34.7 Å². The standard InChI is InChI=1S/C11H11IO3/c1-8(13)15-7-6-11(14)9-2-4-10(12)5-3-9/h2-5H,6-7H2,1H3. The molecule has 3 nitrogen and oxygen atoms in total. The van der Waals surface area contributed by atoms with E-state index in [4.69, 9.17) is 4.74 Å². The van der Waals surface area contributed by atoms with Crippen LogP contribution in [0, 0.1) is 3.57 Å². The lowest BCUT2D eigenvalue weighted by atomic mass is 10.1. The molecule has 0 aliphatic rings. The van der Waals surface area contributed by atoms with E-state index in [-0.39, 0.29) is 24.8 Å². The van der Waals surface area contributed by atoms with E-state index in [1.807, 2.05) is 12.1 Å². The van der Waals surface area contributed by atoms with E-state index in [1.54, 1.807) is 12.1 Å². The van der Waals surface area contributed by atoms with Crippen LogP contribution in [0.25, 0.3) is 0 Å². The number of esters is 1. The maximum Gasteiger partial charge on any atom is 0.302 e. The van der Waals surface area contributed by atoms with Gasteiger partial charge in [-0.25, -0.2) is 0 Å². The van der Waals surface area contributed by atoms with Gasteiger partial charge in [0.15, 0.2) is 5.78 Å². The molecule has 0 bridgehead atoms. The molecule has 0 N–H and O–H groups in total. The minimum Gasteiger partial charge on any atom is -0.465 e. The van der Waals surface area contributed by atoms with Crippen molar-refractivity contribution in [3.63, 3.8) is 0 Å². The Labute approximate surface area is 102 Å². The largest absolute Gasteiger partial charge is 0.465 e. The molecule has 0 unspecified atom stereocenters. The monoisotopic (exact) mass is 318 g/mol. The first-order valence-electron chi connectivity index (χ1n) is 4.51. The van der Waals surface area contributed by atoms with Crippen LogP contribution < -0.4 is 0 Å². The highest BCUT2D eigenvalue weighted by molar-refractivity contribution is 14.1. The van der Waals surface area contributed by atoms with Gasteiger partial charge in [-0.1, -0.05) is 12.1 Å². The third-order valence-corrected chi connectivity index (χ3v) is 2.52. The molecular weight excluding hydrogens is 307 g/mol. The van der Waals surface area contributed by atoms with Crippen molar-refractivity contribution < 1.29 is 14.3 Å². The SMILES string of the molecule is CC(=O)OCCC(=O)c1ccc(I)cc1. The second-order valence-corrected chi connectivity index (χ2v) is 4.27. The van der Waals surface area contributed by atoms with Crippen molar-refractivity contribution in [2.75, 3.05) is 6.61 Å². The lowest BCUT2D eigenvalue weighted by Gasteiger charge is -2.01. The number of hydrogen-bond acceptors (Lipinski definition) is 3. The molecule has 15 heavy (non-hydrogen) atoms. The Kier molecular flexibility index (Phi) is 4.74. The molecule has 0 heterocycles. The van der Waals surface area contributed by atoms with Crippen molar-refractivity contribution in [1.82, 2.24) is 0 Å². The Hall–Kier alpha value is -0.910. The molecule has 0 saturated carbocycles. The molecule has 0 aliphatic carbocycles. The average molecular weight is 318 g/mol. The summed E-state index contributed by atoms with van der Waals surface area (Å²) in [5, 5.41) is 0.